The lowest BCUT2D eigenvalue weighted by Gasteiger charge is -2.14. The molecule has 0 spiro atoms. The summed E-state index contributed by atoms with van der Waals surface area (Å²) in [6.07, 6.45) is 0. The van der Waals surface area contributed by atoms with Gasteiger partial charge in [-0.25, -0.2) is 4.98 Å². The van der Waals surface area contributed by atoms with Crippen LogP contribution >= 0.6 is 0 Å². The maximum absolute atomic E-state index is 5.36. The summed E-state index contributed by atoms with van der Waals surface area (Å²) < 4.78 is 4.66. The molecule has 0 amide bonds. The first kappa shape index (κ1) is 35.5. The van der Waals surface area contributed by atoms with E-state index in [4.69, 9.17) is 15.0 Å². The van der Waals surface area contributed by atoms with Gasteiger partial charge in [0, 0.05) is 38.4 Å². The fourth-order valence-corrected chi connectivity index (χ4v) is 9.02. The summed E-state index contributed by atoms with van der Waals surface area (Å²) in [7, 11) is 0. The lowest BCUT2D eigenvalue weighted by molar-refractivity contribution is 0.953. The number of hydrogen-bond donors (Lipinski definition) is 0. The summed E-state index contributed by atoms with van der Waals surface area (Å²) in [6.45, 7) is 0. The van der Waals surface area contributed by atoms with E-state index < -0.39 is 0 Å². The van der Waals surface area contributed by atoms with Crippen molar-refractivity contribution in [3.8, 4) is 67.8 Å². The molecule has 62 heavy (non-hydrogen) atoms. The van der Waals surface area contributed by atoms with Crippen LogP contribution in [0.25, 0.3) is 111 Å². The molecule has 0 bridgehead atoms. The van der Waals surface area contributed by atoms with Crippen LogP contribution in [0, 0.1) is 0 Å². The Morgan fingerprint density at radius 1 is 0.242 bits per heavy atom. The molecule has 3 aromatic heterocycles. The van der Waals surface area contributed by atoms with Gasteiger partial charge >= 0.3 is 0 Å². The molecule has 0 unspecified atom stereocenters. The van der Waals surface area contributed by atoms with Gasteiger partial charge in [-0.05, 0) is 57.6 Å². The van der Waals surface area contributed by atoms with Crippen LogP contribution in [0.5, 0.6) is 0 Å². The molecule has 0 saturated heterocycles. The smallest absolute Gasteiger partial charge is 0.238 e. The second kappa shape index (κ2) is 14.7. The first-order valence-corrected chi connectivity index (χ1v) is 20.9. The molecule has 5 heteroatoms. The molecule has 0 atom stereocenters. The van der Waals surface area contributed by atoms with Gasteiger partial charge in [0.25, 0.3) is 0 Å². The zero-order chi connectivity index (χ0) is 41.0. The van der Waals surface area contributed by atoms with Crippen LogP contribution in [0.3, 0.4) is 0 Å². The molecule has 290 valence electrons. The van der Waals surface area contributed by atoms with Crippen LogP contribution in [0.15, 0.2) is 224 Å². The fourth-order valence-electron chi connectivity index (χ4n) is 9.02. The molecule has 12 rings (SSSR count). The van der Waals surface area contributed by atoms with Gasteiger partial charge in [0.15, 0.2) is 11.6 Å². The normalized spacial score (nSPS) is 11.5. The first-order valence-electron chi connectivity index (χ1n) is 20.9. The number of para-hydroxylation sites is 2. The molecule has 12 aromatic rings. The van der Waals surface area contributed by atoms with Gasteiger partial charge < -0.3 is 4.57 Å². The largest absolute Gasteiger partial charge is 0.307 e. The van der Waals surface area contributed by atoms with Crippen molar-refractivity contribution in [2.45, 2.75) is 0 Å². The molecular formula is C57H37N5. The van der Waals surface area contributed by atoms with Crippen LogP contribution in [0.1, 0.15) is 0 Å². The average Bonchev–Trinajstić information content (AvgIpc) is 3.88. The number of nitrogens with zero attached hydrogens (tertiary/aromatic N) is 5. The van der Waals surface area contributed by atoms with E-state index in [1.165, 1.54) is 27.6 Å². The van der Waals surface area contributed by atoms with E-state index in [0.717, 1.165) is 66.2 Å². The monoisotopic (exact) mass is 791 g/mol. The standard InChI is InChI=1S/C57H37N5/c1-4-14-38(15-5-1)40-24-26-41(27-25-40)42-28-30-45(31-29-42)56-58-55(44-18-8-3-9-19-44)59-57(60-56)62-52-23-13-11-21-48(52)50-37-36-49-47-20-10-12-22-51(47)61(53(49)54(50)62)46-34-32-43(33-35-46)39-16-6-2-7-17-39/h1-37H. The van der Waals surface area contributed by atoms with Crippen LogP contribution in [0.4, 0.5) is 0 Å². The number of aromatic nitrogens is 5. The summed E-state index contributed by atoms with van der Waals surface area (Å²) in [5, 5.41) is 4.61. The lowest BCUT2D eigenvalue weighted by Crippen LogP contribution is -2.07. The number of rotatable bonds is 7. The minimum absolute atomic E-state index is 0.560. The van der Waals surface area contributed by atoms with Crippen molar-refractivity contribution in [3.05, 3.63) is 224 Å². The third-order valence-electron chi connectivity index (χ3n) is 12.0. The Morgan fingerprint density at radius 3 is 1.06 bits per heavy atom. The average molecular weight is 792 g/mol. The minimum Gasteiger partial charge on any atom is -0.307 e. The van der Waals surface area contributed by atoms with Gasteiger partial charge in [0.1, 0.15) is 0 Å². The van der Waals surface area contributed by atoms with E-state index in [0.29, 0.717) is 17.6 Å². The van der Waals surface area contributed by atoms with Crippen molar-refractivity contribution >= 4 is 43.6 Å². The zero-order valence-electron chi connectivity index (χ0n) is 33.6. The van der Waals surface area contributed by atoms with Gasteiger partial charge in [-0.15, -0.1) is 0 Å². The summed E-state index contributed by atoms with van der Waals surface area (Å²) in [4.78, 5) is 15.8. The Morgan fingerprint density at radius 2 is 0.581 bits per heavy atom. The van der Waals surface area contributed by atoms with Gasteiger partial charge in [0.05, 0.1) is 22.1 Å². The Labute approximate surface area is 358 Å². The summed E-state index contributed by atoms with van der Waals surface area (Å²) >= 11 is 0. The lowest BCUT2D eigenvalue weighted by atomic mass is 9.99. The Balaban J connectivity index is 1.07. The first-order chi connectivity index (χ1) is 30.7. The molecular weight excluding hydrogens is 755 g/mol. The van der Waals surface area contributed by atoms with Crippen molar-refractivity contribution < 1.29 is 0 Å². The highest BCUT2D eigenvalue weighted by molar-refractivity contribution is 6.23. The molecule has 3 heterocycles. The minimum atomic E-state index is 0.560. The summed E-state index contributed by atoms with van der Waals surface area (Å²) in [5.41, 5.74) is 14.2. The molecule has 0 saturated carbocycles. The predicted octanol–water partition coefficient (Wildman–Crippen LogP) is 14.4. The number of fused-ring (bicyclic) bond motifs is 7. The van der Waals surface area contributed by atoms with Crippen molar-refractivity contribution in [1.82, 2.24) is 24.1 Å². The van der Waals surface area contributed by atoms with Crippen LogP contribution < -0.4 is 0 Å². The predicted molar refractivity (Wildman–Crippen MR) is 256 cm³/mol. The number of benzene rings is 9. The van der Waals surface area contributed by atoms with Gasteiger partial charge in [-0.2, -0.15) is 9.97 Å². The fraction of sp³-hybridized carbons (Fsp3) is 0. The topological polar surface area (TPSA) is 48.5 Å². The van der Waals surface area contributed by atoms with E-state index in [1.54, 1.807) is 0 Å². The summed E-state index contributed by atoms with van der Waals surface area (Å²) in [5.74, 6) is 1.78. The quantitative estimate of drug-likeness (QED) is 0.162. The second-order valence-electron chi connectivity index (χ2n) is 15.6. The van der Waals surface area contributed by atoms with Gasteiger partial charge in [-0.1, -0.05) is 200 Å². The van der Waals surface area contributed by atoms with Crippen molar-refractivity contribution in [2.24, 2.45) is 0 Å². The van der Waals surface area contributed by atoms with Gasteiger partial charge in [-0.3, -0.25) is 4.57 Å². The summed E-state index contributed by atoms with van der Waals surface area (Å²) in [6, 6.07) is 79.2. The van der Waals surface area contributed by atoms with Crippen LogP contribution in [0.2, 0.25) is 0 Å². The van der Waals surface area contributed by atoms with Crippen LogP contribution in [-0.4, -0.2) is 24.1 Å². The molecule has 5 nitrogen and oxygen atoms in total. The Kier molecular flexibility index (Phi) is 8.42. The Hall–Kier alpha value is -8.41. The molecule has 0 radical (unpaired) electrons. The maximum Gasteiger partial charge on any atom is 0.238 e. The molecule has 0 aliphatic heterocycles. The van der Waals surface area contributed by atoms with E-state index in [9.17, 15) is 0 Å². The third-order valence-corrected chi connectivity index (χ3v) is 12.0. The SMILES string of the molecule is c1ccc(-c2ccc(-c3ccc(-c4nc(-c5ccccc5)nc(-n5c6ccccc6c6ccc7c8ccccc8n(-c8ccc(-c9ccccc9)cc8)c7c65)n4)cc3)cc2)cc1. The molecule has 0 fully saturated rings. The van der Waals surface area contributed by atoms with E-state index in [1.807, 2.05) is 24.3 Å². The zero-order valence-corrected chi connectivity index (χ0v) is 33.6. The second-order valence-corrected chi connectivity index (χ2v) is 15.6. The van der Waals surface area contributed by atoms with E-state index >= 15 is 0 Å². The highest BCUT2D eigenvalue weighted by atomic mass is 15.2. The third kappa shape index (κ3) is 5.98. The van der Waals surface area contributed by atoms with E-state index in [2.05, 4.69) is 209 Å². The van der Waals surface area contributed by atoms with E-state index in [-0.39, 0.29) is 0 Å². The molecule has 0 aliphatic carbocycles. The van der Waals surface area contributed by atoms with Crippen molar-refractivity contribution in [1.29, 1.82) is 0 Å². The molecule has 0 aliphatic rings. The van der Waals surface area contributed by atoms with Crippen molar-refractivity contribution in [3.63, 3.8) is 0 Å². The van der Waals surface area contributed by atoms with Gasteiger partial charge in [0.2, 0.25) is 5.95 Å². The highest BCUT2D eigenvalue weighted by Gasteiger charge is 2.23. The molecule has 0 N–H and O–H groups in total. The number of hydrogen-bond acceptors (Lipinski definition) is 3. The highest BCUT2D eigenvalue weighted by Crippen LogP contribution is 2.42. The molecule has 9 aromatic carbocycles. The van der Waals surface area contributed by atoms with Crippen molar-refractivity contribution in [2.75, 3.05) is 0 Å². The Bertz CT molecular complexity index is 3570. The van der Waals surface area contributed by atoms with Crippen LogP contribution in [-0.2, 0) is 0 Å². The maximum atomic E-state index is 5.36.